The summed E-state index contributed by atoms with van der Waals surface area (Å²) in [6.45, 7) is 5.70. The number of hydrogen-bond donors (Lipinski definition) is 1. The Bertz CT molecular complexity index is 839. The number of carbonyl (C=O) groups is 2. The monoisotopic (exact) mass is 430 g/mol. The predicted octanol–water partition coefficient (Wildman–Crippen LogP) is 4.66. The summed E-state index contributed by atoms with van der Waals surface area (Å²) in [5, 5.41) is 2.88. The van der Waals surface area contributed by atoms with E-state index >= 15 is 0 Å². The molecular formula is C18H20Cl2N2O4S. The van der Waals surface area contributed by atoms with Crippen molar-refractivity contribution in [2.24, 2.45) is 0 Å². The van der Waals surface area contributed by atoms with Crippen LogP contribution in [0.4, 0.5) is 0 Å². The Balaban J connectivity index is 2.39. The van der Waals surface area contributed by atoms with E-state index < -0.39 is 23.5 Å². The summed E-state index contributed by atoms with van der Waals surface area (Å²) in [7, 11) is 1.47. The third-order valence-corrected chi connectivity index (χ3v) is 5.63. The summed E-state index contributed by atoms with van der Waals surface area (Å²) in [5.74, 6) is -0.900. The van der Waals surface area contributed by atoms with Crippen LogP contribution in [0.15, 0.2) is 24.3 Å². The maximum absolute atomic E-state index is 12.9. The molecule has 0 saturated carbocycles. The Kier molecular flexibility index (Phi) is 7.08. The third-order valence-electron chi connectivity index (χ3n) is 4.02. The highest BCUT2D eigenvalue weighted by atomic mass is 35.5. The quantitative estimate of drug-likeness (QED) is 0.646. The minimum absolute atomic E-state index is 0.000241. The molecule has 1 N–H and O–H groups in total. The molecule has 0 saturated heterocycles. The molecule has 0 spiro atoms. The molecule has 1 amide bonds. The Morgan fingerprint density at radius 2 is 1.96 bits per heavy atom. The highest BCUT2D eigenvalue weighted by Gasteiger charge is 2.33. The molecule has 1 aromatic carbocycles. The van der Waals surface area contributed by atoms with E-state index in [9.17, 15) is 9.59 Å². The van der Waals surface area contributed by atoms with E-state index in [2.05, 4.69) is 9.69 Å². The van der Waals surface area contributed by atoms with Crippen molar-refractivity contribution in [2.45, 2.75) is 38.8 Å². The molecule has 1 heterocycles. The molecule has 0 aliphatic heterocycles. The second-order valence-corrected chi connectivity index (χ2v) is 8.13. The van der Waals surface area contributed by atoms with Crippen LogP contribution in [-0.2, 0) is 9.53 Å². The summed E-state index contributed by atoms with van der Waals surface area (Å²) in [5.41, 5.74) is -0.199. The van der Waals surface area contributed by atoms with Crippen molar-refractivity contribution in [3.8, 4) is 5.75 Å². The first-order valence-corrected chi connectivity index (χ1v) is 9.69. The minimum Gasteiger partial charge on any atom is -0.496 e. The van der Waals surface area contributed by atoms with Crippen LogP contribution in [0, 0.1) is 0 Å². The zero-order chi connectivity index (χ0) is 20.2. The lowest BCUT2D eigenvalue weighted by Crippen LogP contribution is -2.46. The number of carbonyl (C=O) groups excluding carboxylic acids is 2. The molecule has 1 aromatic heterocycles. The van der Waals surface area contributed by atoms with Gasteiger partial charge in [0.1, 0.15) is 15.1 Å². The van der Waals surface area contributed by atoms with Crippen molar-refractivity contribution >= 4 is 46.6 Å². The fourth-order valence-corrected chi connectivity index (χ4v) is 3.16. The number of esters is 1. The van der Waals surface area contributed by atoms with E-state index in [0.717, 1.165) is 11.5 Å². The van der Waals surface area contributed by atoms with Crippen molar-refractivity contribution in [3.63, 3.8) is 0 Å². The van der Waals surface area contributed by atoms with Gasteiger partial charge in [-0.25, -0.2) is 4.79 Å². The van der Waals surface area contributed by atoms with E-state index in [0.29, 0.717) is 17.7 Å². The summed E-state index contributed by atoms with van der Waals surface area (Å²) in [6, 6.07) is 6.82. The van der Waals surface area contributed by atoms with E-state index in [-0.39, 0.29) is 15.1 Å². The SMILES string of the molecule is CCC(C)(C)NC(=O)C(OC(=O)c1nsc(Cl)c1Cl)c1ccccc1OC. The number of nitrogens with zero attached hydrogens (tertiary/aromatic N) is 1. The number of amides is 1. The Morgan fingerprint density at radius 3 is 2.52 bits per heavy atom. The van der Waals surface area contributed by atoms with Gasteiger partial charge in [-0.15, -0.1) is 0 Å². The Labute approximate surface area is 171 Å². The van der Waals surface area contributed by atoms with E-state index in [1.807, 2.05) is 20.8 Å². The van der Waals surface area contributed by atoms with Gasteiger partial charge in [-0.2, -0.15) is 4.37 Å². The average Bonchev–Trinajstić information content (AvgIpc) is 2.98. The number of methoxy groups -OCH3 is 1. The number of ether oxygens (including phenoxy) is 2. The van der Waals surface area contributed by atoms with Crippen LogP contribution in [0.25, 0.3) is 0 Å². The number of benzene rings is 1. The maximum atomic E-state index is 12.9. The van der Waals surface area contributed by atoms with Crippen LogP contribution in [0.1, 0.15) is 49.3 Å². The van der Waals surface area contributed by atoms with Crippen LogP contribution in [0.5, 0.6) is 5.75 Å². The molecule has 2 aromatic rings. The lowest BCUT2D eigenvalue weighted by atomic mass is 10.00. The van der Waals surface area contributed by atoms with Crippen LogP contribution >= 0.6 is 34.7 Å². The van der Waals surface area contributed by atoms with Gasteiger partial charge >= 0.3 is 5.97 Å². The van der Waals surface area contributed by atoms with Gasteiger partial charge in [-0.3, -0.25) is 4.79 Å². The van der Waals surface area contributed by atoms with Crippen molar-refractivity contribution in [2.75, 3.05) is 7.11 Å². The van der Waals surface area contributed by atoms with Gasteiger partial charge in [-0.05, 0) is 37.9 Å². The summed E-state index contributed by atoms with van der Waals surface area (Å²) in [4.78, 5) is 25.5. The van der Waals surface area contributed by atoms with Gasteiger partial charge in [0, 0.05) is 11.1 Å². The highest BCUT2D eigenvalue weighted by Crippen LogP contribution is 2.33. The van der Waals surface area contributed by atoms with Gasteiger partial charge in [0.25, 0.3) is 5.91 Å². The van der Waals surface area contributed by atoms with Crippen molar-refractivity contribution in [1.82, 2.24) is 9.69 Å². The molecule has 0 aliphatic carbocycles. The largest absolute Gasteiger partial charge is 0.496 e. The fourth-order valence-electron chi connectivity index (χ4n) is 2.18. The van der Waals surface area contributed by atoms with Gasteiger partial charge in [0.15, 0.2) is 5.69 Å². The van der Waals surface area contributed by atoms with Crippen LogP contribution in [-0.4, -0.2) is 28.9 Å². The van der Waals surface area contributed by atoms with Crippen molar-refractivity contribution in [1.29, 1.82) is 0 Å². The van der Waals surface area contributed by atoms with E-state index in [1.54, 1.807) is 24.3 Å². The molecule has 9 heteroatoms. The predicted molar refractivity (Wildman–Crippen MR) is 106 cm³/mol. The summed E-state index contributed by atoms with van der Waals surface area (Å²) < 4.78 is 14.9. The van der Waals surface area contributed by atoms with E-state index in [4.69, 9.17) is 32.7 Å². The molecule has 0 bridgehead atoms. The standard InChI is InChI=1S/C18H20Cl2N2O4S/c1-5-18(2,3)21-16(23)14(10-8-6-7-9-11(10)25-4)26-17(24)13-12(19)15(20)27-22-13/h6-9,14H,5H2,1-4H3,(H,21,23). The van der Waals surface area contributed by atoms with Gasteiger partial charge in [0.2, 0.25) is 6.10 Å². The molecule has 0 radical (unpaired) electrons. The van der Waals surface area contributed by atoms with E-state index in [1.165, 1.54) is 7.11 Å². The number of rotatable bonds is 7. The van der Waals surface area contributed by atoms with Crippen LogP contribution < -0.4 is 10.1 Å². The molecule has 0 fully saturated rings. The van der Waals surface area contributed by atoms with Crippen molar-refractivity contribution in [3.05, 3.63) is 44.9 Å². The lowest BCUT2D eigenvalue weighted by molar-refractivity contribution is -0.132. The summed E-state index contributed by atoms with van der Waals surface area (Å²) >= 11 is 12.7. The zero-order valence-corrected chi connectivity index (χ0v) is 17.7. The molecule has 27 heavy (non-hydrogen) atoms. The second-order valence-electron chi connectivity index (χ2n) is 6.37. The first-order chi connectivity index (χ1) is 12.7. The zero-order valence-electron chi connectivity index (χ0n) is 15.3. The molecule has 2 rings (SSSR count). The third kappa shape index (κ3) is 5.12. The smallest absolute Gasteiger partial charge is 0.360 e. The fraction of sp³-hybridized carbons (Fsp3) is 0.389. The second kappa shape index (κ2) is 8.91. The molecule has 146 valence electrons. The number of nitrogens with one attached hydrogen (secondary N) is 1. The molecular weight excluding hydrogens is 411 g/mol. The van der Waals surface area contributed by atoms with Gasteiger partial charge in [0.05, 0.1) is 7.11 Å². The number of halogens is 2. The minimum atomic E-state index is -1.24. The Hall–Kier alpha value is -1.83. The lowest BCUT2D eigenvalue weighted by Gasteiger charge is -2.28. The summed E-state index contributed by atoms with van der Waals surface area (Å²) in [6.07, 6.45) is -0.546. The Morgan fingerprint density at radius 1 is 1.30 bits per heavy atom. The number of aromatic nitrogens is 1. The molecule has 1 unspecified atom stereocenters. The highest BCUT2D eigenvalue weighted by molar-refractivity contribution is 7.11. The first-order valence-electron chi connectivity index (χ1n) is 8.16. The topological polar surface area (TPSA) is 77.5 Å². The van der Waals surface area contributed by atoms with Gasteiger partial charge < -0.3 is 14.8 Å². The molecule has 1 atom stereocenters. The normalized spacial score (nSPS) is 12.4. The number of para-hydroxylation sites is 1. The maximum Gasteiger partial charge on any atom is 0.360 e. The van der Waals surface area contributed by atoms with Crippen molar-refractivity contribution < 1.29 is 19.1 Å². The first kappa shape index (κ1) is 21.5. The molecule has 6 nitrogen and oxygen atoms in total. The van der Waals surface area contributed by atoms with Gasteiger partial charge in [-0.1, -0.05) is 48.3 Å². The average molecular weight is 431 g/mol. The van der Waals surface area contributed by atoms with Crippen LogP contribution in [0.3, 0.4) is 0 Å². The molecule has 0 aliphatic rings. The number of hydrogen-bond acceptors (Lipinski definition) is 6. The van der Waals surface area contributed by atoms with Crippen LogP contribution in [0.2, 0.25) is 9.36 Å².